The van der Waals surface area contributed by atoms with E-state index in [-0.39, 0.29) is 17.3 Å². The van der Waals surface area contributed by atoms with Gasteiger partial charge in [0.05, 0.1) is 0 Å². The van der Waals surface area contributed by atoms with E-state index in [1.165, 1.54) is 18.2 Å². The van der Waals surface area contributed by atoms with Crippen molar-refractivity contribution in [1.82, 2.24) is 0 Å². The van der Waals surface area contributed by atoms with E-state index in [0.717, 1.165) is 19.3 Å². The molecule has 0 nitrogen and oxygen atoms in total. The first-order chi connectivity index (χ1) is 12.5. The molecule has 0 unspecified atom stereocenters. The lowest BCUT2D eigenvalue weighted by atomic mass is 9.80. The molecule has 0 bridgehead atoms. The Labute approximate surface area is 153 Å². The number of halogens is 3. The quantitative estimate of drug-likeness (QED) is 0.522. The van der Waals surface area contributed by atoms with Crippen molar-refractivity contribution in [2.45, 2.75) is 46.0 Å². The van der Waals surface area contributed by atoms with Gasteiger partial charge in [0.1, 0.15) is 11.6 Å². The molecule has 1 fully saturated rings. The van der Waals surface area contributed by atoms with E-state index < -0.39 is 11.7 Å². The number of hydrogen-bond donors (Lipinski definition) is 0. The highest BCUT2D eigenvalue weighted by Crippen LogP contribution is 2.39. The fraction of sp³-hybridized carbons (Fsp3) is 0.391. The minimum absolute atomic E-state index is 0.186. The fourth-order valence-electron chi connectivity index (χ4n) is 3.89. The average Bonchev–Trinajstić information content (AvgIpc) is 2.69. The monoisotopic (exact) mass is 358 g/mol. The van der Waals surface area contributed by atoms with Crippen molar-refractivity contribution in [3.05, 3.63) is 59.2 Å². The van der Waals surface area contributed by atoms with E-state index in [1.807, 2.05) is 6.92 Å². The third kappa shape index (κ3) is 3.72. The smallest absolute Gasteiger partial charge is 0.162 e. The van der Waals surface area contributed by atoms with Crippen LogP contribution in [0.25, 0.3) is 22.7 Å². The molecule has 0 atom stereocenters. The Morgan fingerprint density at radius 1 is 1.08 bits per heavy atom. The molecule has 3 heteroatoms. The predicted molar refractivity (Wildman–Crippen MR) is 103 cm³/mol. The molecular formula is C23H25F3. The van der Waals surface area contributed by atoms with Gasteiger partial charge in [-0.1, -0.05) is 49.8 Å². The van der Waals surface area contributed by atoms with Crippen molar-refractivity contribution in [2.24, 2.45) is 11.8 Å². The number of allylic oxidation sites excluding steroid dienone is 2. The Bertz CT molecular complexity index is 840. The first-order valence-electron chi connectivity index (χ1n) is 9.45. The van der Waals surface area contributed by atoms with Gasteiger partial charge in [0, 0.05) is 22.4 Å². The molecule has 0 radical (unpaired) electrons. The van der Waals surface area contributed by atoms with E-state index >= 15 is 0 Å². The van der Waals surface area contributed by atoms with Gasteiger partial charge < -0.3 is 0 Å². The highest BCUT2D eigenvalue weighted by atomic mass is 19.2. The van der Waals surface area contributed by atoms with Crippen LogP contribution in [0.4, 0.5) is 13.2 Å². The molecule has 2 aromatic carbocycles. The standard InChI is InChI=1S/C23H25F3/c1-3-5-16-10-11-18-14-19(12-13-20(18)21(16)24)23(26)22(25)17-8-6-15(4-2)7-9-17/h3,5,10-15,17H,4,6-9H2,1-2H3/b5-3+,23-22?. The molecule has 3 rings (SSSR count). The molecule has 0 amide bonds. The lowest BCUT2D eigenvalue weighted by molar-refractivity contribution is 0.268. The topological polar surface area (TPSA) is 0 Å². The van der Waals surface area contributed by atoms with Crippen molar-refractivity contribution >= 4 is 22.7 Å². The zero-order chi connectivity index (χ0) is 18.7. The Morgan fingerprint density at radius 3 is 2.46 bits per heavy atom. The van der Waals surface area contributed by atoms with Crippen LogP contribution < -0.4 is 0 Å². The number of hydrogen-bond acceptors (Lipinski definition) is 0. The average molecular weight is 358 g/mol. The van der Waals surface area contributed by atoms with Crippen LogP contribution in [0.2, 0.25) is 0 Å². The van der Waals surface area contributed by atoms with Gasteiger partial charge >= 0.3 is 0 Å². The van der Waals surface area contributed by atoms with Crippen LogP contribution in [0.3, 0.4) is 0 Å². The summed E-state index contributed by atoms with van der Waals surface area (Å²) in [6.07, 6.45) is 7.88. The van der Waals surface area contributed by atoms with Crippen LogP contribution >= 0.6 is 0 Å². The van der Waals surface area contributed by atoms with Crippen LogP contribution in [0.1, 0.15) is 57.1 Å². The van der Waals surface area contributed by atoms with Crippen molar-refractivity contribution in [2.75, 3.05) is 0 Å². The van der Waals surface area contributed by atoms with E-state index in [1.54, 1.807) is 24.3 Å². The molecule has 0 spiro atoms. The molecule has 2 aromatic rings. The summed E-state index contributed by atoms with van der Waals surface area (Å²) in [5.41, 5.74) is 0.674. The summed E-state index contributed by atoms with van der Waals surface area (Å²) in [5.74, 6) is -1.48. The van der Waals surface area contributed by atoms with Gasteiger partial charge in [-0.15, -0.1) is 0 Å². The lowest BCUT2D eigenvalue weighted by Crippen LogP contribution is -2.14. The Balaban J connectivity index is 1.91. The molecule has 1 aliphatic rings. The number of benzene rings is 2. The summed E-state index contributed by atoms with van der Waals surface area (Å²) in [4.78, 5) is 0. The third-order valence-electron chi connectivity index (χ3n) is 5.58. The first kappa shape index (κ1) is 18.8. The van der Waals surface area contributed by atoms with Gasteiger partial charge in [0.15, 0.2) is 5.83 Å². The van der Waals surface area contributed by atoms with Crippen molar-refractivity contribution in [3.63, 3.8) is 0 Å². The van der Waals surface area contributed by atoms with Crippen LogP contribution in [-0.2, 0) is 0 Å². The molecule has 138 valence electrons. The number of fused-ring (bicyclic) bond motifs is 1. The second-order valence-electron chi connectivity index (χ2n) is 7.19. The van der Waals surface area contributed by atoms with Crippen LogP contribution in [0.15, 0.2) is 42.2 Å². The number of rotatable bonds is 4. The molecule has 0 saturated heterocycles. The molecule has 1 saturated carbocycles. The van der Waals surface area contributed by atoms with Gasteiger partial charge in [0.2, 0.25) is 0 Å². The van der Waals surface area contributed by atoms with Gasteiger partial charge in [-0.2, -0.15) is 0 Å². The summed E-state index contributed by atoms with van der Waals surface area (Å²) in [7, 11) is 0. The zero-order valence-corrected chi connectivity index (χ0v) is 15.4. The minimum Gasteiger partial charge on any atom is -0.208 e. The summed E-state index contributed by atoms with van der Waals surface area (Å²) < 4.78 is 43.9. The van der Waals surface area contributed by atoms with Gasteiger partial charge in [0.25, 0.3) is 0 Å². The zero-order valence-electron chi connectivity index (χ0n) is 15.4. The molecule has 1 aliphatic carbocycles. The second kappa shape index (κ2) is 8.11. The minimum atomic E-state index is -0.801. The summed E-state index contributed by atoms with van der Waals surface area (Å²) >= 11 is 0. The highest BCUT2D eigenvalue weighted by Gasteiger charge is 2.26. The van der Waals surface area contributed by atoms with E-state index in [2.05, 4.69) is 6.92 Å². The third-order valence-corrected chi connectivity index (χ3v) is 5.58. The van der Waals surface area contributed by atoms with Crippen LogP contribution in [-0.4, -0.2) is 0 Å². The molecule has 0 aliphatic heterocycles. The SMILES string of the molecule is C/C=C/c1ccc2cc(C(F)=C(F)C3CCC(CC)CC3)ccc2c1F. The van der Waals surface area contributed by atoms with E-state index in [9.17, 15) is 13.2 Å². The van der Waals surface area contributed by atoms with Crippen molar-refractivity contribution in [3.8, 4) is 0 Å². The summed E-state index contributed by atoms with van der Waals surface area (Å²) in [5, 5.41) is 0.993. The van der Waals surface area contributed by atoms with Crippen LogP contribution in [0, 0.1) is 17.7 Å². The summed E-state index contributed by atoms with van der Waals surface area (Å²) in [6.45, 7) is 3.97. The molecule has 0 heterocycles. The summed E-state index contributed by atoms with van der Waals surface area (Å²) in [6, 6.07) is 7.94. The maximum Gasteiger partial charge on any atom is 0.162 e. The van der Waals surface area contributed by atoms with Gasteiger partial charge in [-0.05, 0) is 50.0 Å². The first-order valence-corrected chi connectivity index (χ1v) is 9.45. The fourth-order valence-corrected chi connectivity index (χ4v) is 3.89. The van der Waals surface area contributed by atoms with Gasteiger partial charge in [-0.25, -0.2) is 13.2 Å². The van der Waals surface area contributed by atoms with E-state index in [4.69, 9.17) is 0 Å². The van der Waals surface area contributed by atoms with Crippen molar-refractivity contribution in [1.29, 1.82) is 0 Å². The molecular weight excluding hydrogens is 333 g/mol. The van der Waals surface area contributed by atoms with Crippen molar-refractivity contribution < 1.29 is 13.2 Å². The lowest BCUT2D eigenvalue weighted by Gasteiger charge is -2.26. The maximum absolute atomic E-state index is 14.7. The predicted octanol–water partition coefficient (Wildman–Crippen LogP) is 7.84. The second-order valence-corrected chi connectivity index (χ2v) is 7.19. The molecule has 0 N–H and O–H groups in total. The maximum atomic E-state index is 14.7. The van der Waals surface area contributed by atoms with Crippen LogP contribution in [0.5, 0.6) is 0 Å². The molecule has 26 heavy (non-hydrogen) atoms. The van der Waals surface area contributed by atoms with E-state index in [0.29, 0.717) is 35.1 Å². The Morgan fingerprint density at radius 2 is 1.81 bits per heavy atom. The Kier molecular flexibility index (Phi) is 5.85. The largest absolute Gasteiger partial charge is 0.208 e. The Hall–Kier alpha value is -2.03. The molecule has 0 aromatic heterocycles. The highest BCUT2D eigenvalue weighted by molar-refractivity contribution is 5.88. The normalized spacial score (nSPS) is 22.0. The van der Waals surface area contributed by atoms with Gasteiger partial charge in [-0.3, -0.25) is 0 Å².